The third kappa shape index (κ3) is 11.6. The quantitative estimate of drug-likeness (QED) is 0.210. The highest BCUT2D eigenvalue weighted by Crippen LogP contribution is 2.09. The Morgan fingerprint density at radius 2 is 1.74 bits per heavy atom. The van der Waals surface area contributed by atoms with Gasteiger partial charge < -0.3 is 10.6 Å². The molecule has 0 bridgehead atoms. The van der Waals surface area contributed by atoms with E-state index in [1.807, 2.05) is 0 Å². The third-order valence-electron chi connectivity index (χ3n) is 3.77. The van der Waals surface area contributed by atoms with Gasteiger partial charge in [0.1, 0.15) is 0 Å². The van der Waals surface area contributed by atoms with E-state index in [9.17, 15) is 9.59 Å². The van der Waals surface area contributed by atoms with E-state index in [4.69, 9.17) is 5.41 Å². The molecule has 0 aliphatic rings. The van der Waals surface area contributed by atoms with Crippen LogP contribution in [-0.2, 0) is 9.59 Å². The minimum absolute atomic E-state index is 0.0404. The first-order valence-corrected chi connectivity index (χ1v) is 8.86. The van der Waals surface area contributed by atoms with Crippen LogP contribution in [0.5, 0.6) is 0 Å². The van der Waals surface area contributed by atoms with E-state index in [1.165, 1.54) is 11.8 Å². The third-order valence-corrected chi connectivity index (χ3v) is 3.77. The van der Waals surface area contributed by atoms with Gasteiger partial charge in [-0.25, -0.2) is 0 Å². The molecule has 0 atom stereocenters. The van der Waals surface area contributed by atoms with Gasteiger partial charge in [-0.3, -0.25) is 19.9 Å². The van der Waals surface area contributed by atoms with Crippen molar-refractivity contribution in [1.82, 2.24) is 15.5 Å². The normalized spacial score (nSPS) is 10.4. The maximum absolute atomic E-state index is 11.2. The molecule has 0 aromatic carbocycles. The first kappa shape index (κ1) is 21.4. The van der Waals surface area contributed by atoms with Crippen molar-refractivity contribution in [1.29, 1.82) is 5.41 Å². The van der Waals surface area contributed by atoms with E-state index in [-0.39, 0.29) is 17.9 Å². The summed E-state index contributed by atoms with van der Waals surface area (Å²) in [5.74, 6) is 0.151. The van der Waals surface area contributed by atoms with Crippen molar-refractivity contribution in [3.05, 3.63) is 0 Å². The van der Waals surface area contributed by atoms with E-state index in [0.29, 0.717) is 19.5 Å². The summed E-state index contributed by atoms with van der Waals surface area (Å²) < 4.78 is 0. The topological polar surface area (TPSA) is 85.3 Å². The summed E-state index contributed by atoms with van der Waals surface area (Å²) >= 11 is 0. The number of unbranched alkanes of at least 4 members (excludes halogenated alkanes) is 3. The molecular weight excluding hydrogens is 292 g/mol. The van der Waals surface area contributed by atoms with E-state index >= 15 is 0 Å². The molecule has 2 amide bonds. The lowest BCUT2D eigenvalue weighted by atomic mass is 10.0. The first-order chi connectivity index (χ1) is 11.0. The van der Waals surface area contributed by atoms with Gasteiger partial charge in [0.25, 0.3) is 0 Å². The summed E-state index contributed by atoms with van der Waals surface area (Å²) in [6.07, 6.45) is 8.88. The van der Waals surface area contributed by atoms with Gasteiger partial charge in [0.05, 0.1) is 0 Å². The Bertz CT molecular complexity index is 339. The number of nitrogens with one attached hydrogen (secondary N) is 3. The summed E-state index contributed by atoms with van der Waals surface area (Å²) in [5, 5.41) is 14.0. The van der Waals surface area contributed by atoms with Crippen LogP contribution in [0.2, 0.25) is 0 Å². The number of carbonyl (C=O) groups is 2. The van der Waals surface area contributed by atoms with Crippen LogP contribution in [0.25, 0.3) is 0 Å². The molecule has 0 aliphatic carbocycles. The van der Waals surface area contributed by atoms with Crippen molar-refractivity contribution in [3.63, 3.8) is 0 Å². The largest absolute Gasteiger partial charge is 0.356 e. The molecule has 0 saturated heterocycles. The average molecular weight is 326 g/mol. The molecule has 0 rings (SSSR count). The van der Waals surface area contributed by atoms with Gasteiger partial charge in [-0.2, -0.15) is 0 Å². The van der Waals surface area contributed by atoms with Crippen LogP contribution in [0.3, 0.4) is 0 Å². The van der Waals surface area contributed by atoms with Crippen molar-refractivity contribution in [2.45, 2.75) is 78.2 Å². The number of carbonyl (C=O) groups excluding carboxylic acids is 2. The zero-order chi connectivity index (χ0) is 17.5. The van der Waals surface area contributed by atoms with Gasteiger partial charge >= 0.3 is 0 Å². The Morgan fingerprint density at radius 3 is 2.22 bits per heavy atom. The highest BCUT2D eigenvalue weighted by molar-refractivity contribution is 5.86. The maximum Gasteiger partial charge on any atom is 0.216 e. The second-order valence-corrected chi connectivity index (χ2v) is 5.96. The lowest BCUT2D eigenvalue weighted by molar-refractivity contribution is -0.119. The second-order valence-electron chi connectivity index (χ2n) is 5.96. The molecule has 0 aromatic heterocycles. The van der Waals surface area contributed by atoms with Crippen molar-refractivity contribution in [2.75, 3.05) is 13.1 Å². The van der Waals surface area contributed by atoms with Crippen LogP contribution in [-0.4, -0.2) is 42.3 Å². The molecule has 0 unspecified atom stereocenters. The van der Waals surface area contributed by atoms with Gasteiger partial charge in [-0.05, 0) is 25.7 Å². The number of nitrogens with zero attached hydrogens (tertiary/aromatic N) is 1. The van der Waals surface area contributed by atoms with E-state index in [0.717, 1.165) is 51.4 Å². The Kier molecular flexibility index (Phi) is 13.1. The predicted molar refractivity (Wildman–Crippen MR) is 94.4 cm³/mol. The van der Waals surface area contributed by atoms with Crippen molar-refractivity contribution < 1.29 is 9.59 Å². The molecular formula is C17H34N4O2. The predicted octanol–water partition coefficient (Wildman–Crippen LogP) is 2.63. The monoisotopic (exact) mass is 326 g/mol. The zero-order valence-corrected chi connectivity index (χ0v) is 15.0. The molecule has 134 valence electrons. The SMILES string of the molecule is CCCCC(CCCC)NC(=N)N(C=O)CCCCNC(C)=O. The van der Waals surface area contributed by atoms with Crippen LogP contribution in [0, 0.1) is 5.41 Å². The minimum atomic E-state index is -0.0404. The highest BCUT2D eigenvalue weighted by atomic mass is 16.1. The van der Waals surface area contributed by atoms with Crippen LogP contribution in [0.1, 0.15) is 72.1 Å². The summed E-state index contributed by atoms with van der Waals surface area (Å²) in [7, 11) is 0. The fourth-order valence-electron chi connectivity index (χ4n) is 2.35. The highest BCUT2D eigenvalue weighted by Gasteiger charge is 2.14. The summed E-state index contributed by atoms with van der Waals surface area (Å²) in [4.78, 5) is 23.4. The fraction of sp³-hybridized carbons (Fsp3) is 0.824. The number of amides is 2. The van der Waals surface area contributed by atoms with Gasteiger partial charge in [-0.1, -0.05) is 39.5 Å². The molecule has 0 saturated carbocycles. The number of hydrogen-bond donors (Lipinski definition) is 3. The number of rotatable bonds is 13. The second kappa shape index (κ2) is 14.0. The van der Waals surface area contributed by atoms with Gasteiger partial charge in [0.15, 0.2) is 5.96 Å². The maximum atomic E-state index is 11.2. The van der Waals surface area contributed by atoms with Crippen molar-refractivity contribution >= 4 is 18.3 Å². The molecule has 0 aromatic rings. The first-order valence-electron chi connectivity index (χ1n) is 8.86. The molecule has 0 radical (unpaired) electrons. The Hall–Kier alpha value is -1.59. The molecule has 6 nitrogen and oxygen atoms in total. The smallest absolute Gasteiger partial charge is 0.216 e. The summed E-state index contributed by atoms with van der Waals surface area (Å²) in [5.41, 5.74) is 0. The van der Waals surface area contributed by atoms with Gasteiger partial charge in [0.2, 0.25) is 12.3 Å². The molecule has 23 heavy (non-hydrogen) atoms. The standard InChI is InChI=1S/C17H34N4O2/c1-4-6-10-16(11-7-5-2)20-17(18)21(14-22)13-9-8-12-19-15(3)23/h14,16H,4-13H2,1-3H3,(H2,18,20)(H,19,23). The molecule has 0 spiro atoms. The Labute approximate surface area is 140 Å². The Morgan fingerprint density at radius 1 is 1.13 bits per heavy atom. The van der Waals surface area contributed by atoms with Crippen LogP contribution in [0.4, 0.5) is 0 Å². The van der Waals surface area contributed by atoms with Crippen LogP contribution >= 0.6 is 0 Å². The molecule has 0 fully saturated rings. The lowest BCUT2D eigenvalue weighted by Gasteiger charge is -2.25. The van der Waals surface area contributed by atoms with Gasteiger partial charge in [-0.15, -0.1) is 0 Å². The van der Waals surface area contributed by atoms with Crippen LogP contribution < -0.4 is 10.6 Å². The summed E-state index contributed by atoms with van der Waals surface area (Å²) in [6.45, 7) is 6.93. The summed E-state index contributed by atoms with van der Waals surface area (Å²) in [6, 6.07) is 0.268. The van der Waals surface area contributed by atoms with E-state index < -0.39 is 0 Å². The average Bonchev–Trinajstić information content (AvgIpc) is 2.52. The van der Waals surface area contributed by atoms with E-state index in [1.54, 1.807) is 0 Å². The lowest BCUT2D eigenvalue weighted by Crippen LogP contribution is -2.45. The molecule has 0 aliphatic heterocycles. The van der Waals surface area contributed by atoms with Crippen LogP contribution in [0.15, 0.2) is 0 Å². The minimum Gasteiger partial charge on any atom is -0.356 e. The zero-order valence-electron chi connectivity index (χ0n) is 15.0. The molecule has 0 heterocycles. The van der Waals surface area contributed by atoms with E-state index in [2.05, 4.69) is 24.5 Å². The van der Waals surface area contributed by atoms with Crippen molar-refractivity contribution in [2.24, 2.45) is 0 Å². The number of hydrogen-bond acceptors (Lipinski definition) is 3. The number of guanidine groups is 1. The molecule has 3 N–H and O–H groups in total. The Balaban J connectivity index is 4.20. The van der Waals surface area contributed by atoms with Gasteiger partial charge in [0, 0.05) is 26.1 Å². The fourth-order valence-corrected chi connectivity index (χ4v) is 2.35. The van der Waals surface area contributed by atoms with Crippen molar-refractivity contribution in [3.8, 4) is 0 Å². The molecule has 6 heteroatoms.